The van der Waals surface area contributed by atoms with Crippen molar-refractivity contribution < 1.29 is 9.59 Å². The summed E-state index contributed by atoms with van der Waals surface area (Å²) in [6, 6.07) is 7.13. The van der Waals surface area contributed by atoms with Gasteiger partial charge < -0.3 is 0 Å². The van der Waals surface area contributed by atoms with E-state index in [1.165, 1.54) is 0 Å². The van der Waals surface area contributed by atoms with Crippen LogP contribution in [-0.2, 0) is 0 Å². The smallest absolute Gasteiger partial charge is 0.200 e. The number of rotatable bonds is 0. The monoisotopic (exact) mass is 258 g/mol. The largest absolute Gasteiger partial charge is 0.289 e. The number of benzene rings is 1. The van der Waals surface area contributed by atoms with Crippen molar-refractivity contribution in [3.63, 3.8) is 0 Å². The number of Topliss-reactive ketones (excluding diaryl/α,β-unsaturated/α-hetero) is 2. The van der Waals surface area contributed by atoms with Crippen LogP contribution in [0.15, 0.2) is 34.7 Å². The van der Waals surface area contributed by atoms with E-state index < -0.39 is 0 Å². The topological polar surface area (TPSA) is 34.1 Å². The first-order valence-electron chi connectivity index (χ1n) is 6.10. The fourth-order valence-electron chi connectivity index (χ4n) is 2.49. The molecule has 0 fully saturated rings. The first-order chi connectivity index (χ1) is 8.49. The minimum atomic E-state index is 0.0259. The number of ketones is 2. The Morgan fingerprint density at radius 1 is 1.06 bits per heavy atom. The molecule has 1 aliphatic heterocycles. The van der Waals surface area contributed by atoms with Crippen molar-refractivity contribution in [2.24, 2.45) is 0 Å². The third-order valence-electron chi connectivity index (χ3n) is 3.53. The minimum absolute atomic E-state index is 0.0259. The quantitative estimate of drug-likeness (QED) is 0.712. The molecule has 1 aliphatic carbocycles. The van der Waals surface area contributed by atoms with Crippen LogP contribution < -0.4 is 0 Å². The lowest BCUT2D eigenvalue weighted by Crippen LogP contribution is -2.29. The predicted molar refractivity (Wildman–Crippen MR) is 73.0 cm³/mol. The lowest BCUT2D eigenvalue weighted by atomic mass is 9.86. The molecule has 0 saturated heterocycles. The number of carbonyl (C=O) groups is 2. The van der Waals surface area contributed by atoms with Gasteiger partial charge in [-0.3, -0.25) is 9.59 Å². The summed E-state index contributed by atoms with van der Waals surface area (Å²) in [5.41, 5.74) is 1.86. The molecular weight excluding hydrogens is 244 g/mol. The number of hydrogen-bond acceptors (Lipinski definition) is 3. The normalized spacial score (nSPS) is 21.7. The molecule has 0 N–H and O–H groups in total. The Kier molecular flexibility index (Phi) is 2.49. The molecule has 3 heteroatoms. The van der Waals surface area contributed by atoms with E-state index in [2.05, 4.69) is 13.8 Å². The van der Waals surface area contributed by atoms with E-state index in [-0.39, 0.29) is 16.3 Å². The maximum Gasteiger partial charge on any atom is 0.200 e. The van der Waals surface area contributed by atoms with Crippen LogP contribution in [0.5, 0.6) is 0 Å². The van der Waals surface area contributed by atoms with Crippen molar-refractivity contribution in [3.05, 3.63) is 45.9 Å². The zero-order chi connectivity index (χ0) is 12.9. The fraction of sp³-hybridized carbons (Fsp3) is 0.333. The highest BCUT2D eigenvalue weighted by Gasteiger charge is 2.38. The van der Waals surface area contributed by atoms with Crippen LogP contribution in [0.25, 0.3) is 0 Å². The Morgan fingerprint density at radius 3 is 2.33 bits per heavy atom. The maximum absolute atomic E-state index is 12.5. The molecule has 0 atom stereocenters. The van der Waals surface area contributed by atoms with Crippen LogP contribution in [0.2, 0.25) is 0 Å². The minimum Gasteiger partial charge on any atom is -0.289 e. The first-order valence-corrected chi connectivity index (χ1v) is 6.92. The second-order valence-corrected chi connectivity index (χ2v) is 7.09. The standard InChI is InChI=1S/C15H14O2S/c1-15(2)8-7-11-12(16)9-5-3-4-6-10(9)13(17)14(11)18-15/h3-6H,7-8H2,1-2H3. The van der Waals surface area contributed by atoms with Crippen LogP contribution in [0, 0.1) is 0 Å². The Hall–Kier alpha value is -1.35. The number of fused-ring (bicyclic) bond motifs is 1. The molecule has 2 nitrogen and oxygen atoms in total. The molecule has 1 heterocycles. The van der Waals surface area contributed by atoms with Gasteiger partial charge in [0.15, 0.2) is 5.78 Å². The second kappa shape index (κ2) is 3.82. The SMILES string of the molecule is CC1(C)CCC2=C(S1)C(=O)c1ccccc1C2=O. The zero-order valence-corrected chi connectivity index (χ0v) is 11.3. The average molecular weight is 258 g/mol. The molecule has 18 heavy (non-hydrogen) atoms. The van der Waals surface area contributed by atoms with E-state index in [9.17, 15) is 9.59 Å². The molecule has 92 valence electrons. The van der Waals surface area contributed by atoms with Crippen LogP contribution >= 0.6 is 11.8 Å². The van der Waals surface area contributed by atoms with Crippen molar-refractivity contribution in [3.8, 4) is 0 Å². The van der Waals surface area contributed by atoms with Gasteiger partial charge in [-0.2, -0.15) is 0 Å². The highest BCUT2D eigenvalue weighted by Crippen LogP contribution is 2.47. The molecule has 1 aromatic rings. The van der Waals surface area contributed by atoms with Crippen molar-refractivity contribution in [1.82, 2.24) is 0 Å². The van der Waals surface area contributed by atoms with Crippen molar-refractivity contribution in [1.29, 1.82) is 0 Å². The van der Waals surface area contributed by atoms with Gasteiger partial charge in [0.05, 0.1) is 4.91 Å². The number of hydrogen-bond donors (Lipinski definition) is 0. The summed E-state index contributed by atoms with van der Waals surface area (Å²) in [4.78, 5) is 25.5. The van der Waals surface area contributed by atoms with Gasteiger partial charge in [-0.15, -0.1) is 11.8 Å². The van der Waals surface area contributed by atoms with Gasteiger partial charge in [-0.1, -0.05) is 38.1 Å². The summed E-state index contributed by atoms with van der Waals surface area (Å²) in [6.45, 7) is 4.25. The van der Waals surface area contributed by atoms with E-state index in [4.69, 9.17) is 0 Å². The van der Waals surface area contributed by atoms with Gasteiger partial charge in [-0.25, -0.2) is 0 Å². The molecule has 1 aromatic carbocycles. The van der Waals surface area contributed by atoms with Gasteiger partial charge >= 0.3 is 0 Å². The molecule has 3 rings (SSSR count). The van der Waals surface area contributed by atoms with Crippen molar-refractivity contribution in [2.75, 3.05) is 0 Å². The molecule has 0 aromatic heterocycles. The molecule has 0 saturated carbocycles. The Bertz CT molecular complexity index is 596. The van der Waals surface area contributed by atoms with Crippen LogP contribution in [0.3, 0.4) is 0 Å². The number of thioether (sulfide) groups is 1. The maximum atomic E-state index is 12.5. The molecule has 0 radical (unpaired) electrons. The van der Waals surface area contributed by atoms with E-state index in [1.807, 2.05) is 12.1 Å². The first kappa shape index (κ1) is 11.7. The molecule has 0 unspecified atom stereocenters. The molecule has 0 amide bonds. The summed E-state index contributed by atoms with van der Waals surface area (Å²) in [5.74, 6) is 0.0705. The van der Waals surface area contributed by atoms with Crippen molar-refractivity contribution >= 4 is 23.3 Å². The highest BCUT2D eigenvalue weighted by molar-refractivity contribution is 8.05. The van der Waals surface area contributed by atoms with Crippen molar-refractivity contribution in [2.45, 2.75) is 31.4 Å². The summed E-state index contributed by atoms with van der Waals surface area (Å²) in [6.07, 6.45) is 1.66. The van der Waals surface area contributed by atoms with Gasteiger partial charge in [0.25, 0.3) is 0 Å². The molecular formula is C15H14O2S. The van der Waals surface area contributed by atoms with Gasteiger partial charge in [-0.05, 0) is 12.8 Å². The number of allylic oxidation sites excluding steroid dienone is 2. The van der Waals surface area contributed by atoms with Gasteiger partial charge in [0.1, 0.15) is 0 Å². The van der Waals surface area contributed by atoms with E-state index in [0.29, 0.717) is 22.5 Å². The molecule has 0 bridgehead atoms. The summed E-state index contributed by atoms with van der Waals surface area (Å²) >= 11 is 1.56. The second-order valence-electron chi connectivity index (χ2n) is 5.37. The third kappa shape index (κ3) is 1.65. The van der Waals surface area contributed by atoms with Crippen LogP contribution in [0.4, 0.5) is 0 Å². The van der Waals surface area contributed by atoms with Crippen LogP contribution in [-0.4, -0.2) is 16.3 Å². The summed E-state index contributed by atoms with van der Waals surface area (Å²) in [7, 11) is 0. The van der Waals surface area contributed by atoms with E-state index in [0.717, 1.165) is 12.0 Å². The third-order valence-corrected chi connectivity index (χ3v) is 4.92. The zero-order valence-electron chi connectivity index (χ0n) is 10.4. The molecule has 2 aliphatic rings. The summed E-state index contributed by atoms with van der Waals surface area (Å²) in [5, 5.41) is 0. The van der Waals surface area contributed by atoms with E-state index >= 15 is 0 Å². The Morgan fingerprint density at radius 2 is 1.67 bits per heavy atom. The Balaban J connectivity index is 2.16. The average Bonchev–Trinajstić information content (AvgIpc) is 2.35. The van der Waals surface area contributed by atoms with Gasteiger partial charge in [0, 0.05) is 21.4 Å². The Labute approximate surface area is 110 Å². The fourth-order valence-corrected chi connectivity index (χ4v) is 3.77. The van der Waals surface area contributed by atoms with Crippen LogP contribution in [0.1, 0.15) is 47.4 Å². The highest BCUT2D eigenvalue weighted by atomic mass is 32.2. The predicted octanol–water partition coefficient (Wildman–Crippen LogP) is 3.63. The summed E-state index contributed by atoms with van der Waals surface area (Å²) < 4.78 is 0.0427. The molecule has 0 spiro atoms. The lowest BCUT2D eigenvalue weighted by molar-refractivity contribution is 0.0976. The van der Waals surface area contributed by atoms with E-state index in [1.54, 1.807) is 23.9 Å². The van der Waals surface area contributed by atoms with Gasteiger partial charge in [0.2, 0.25) is 5.78 Å². The lowest BCUT2D eigenvalue weighted by Gasteiger charge is -2.33. The number of carbonyl (C=O) groups excluding carboxylic acids is 2.